The lowest BCUT2D eigenvalue weighted by atomic mass is 9.77. The molecule has 1 unspecified atom stereocenters. The topological polar surface area (TPSA) is 81.8 Å². The standard InChI is InChI=1S/C21H26Cl2N4O3/c22-16-2-1-14(11-17(16)23)19(29)25-12-18(28)27-8-3-15(13-27)26-9-5-21(6-10-26)4-7-24-20(21)30/h1-2,11,15H,3-10,12-13H2,(H,24,30)(H,25,29). The SMILES string of the molecule is O=C(NCC(=O)N1CCC(N2CCC3(CCNC3=O)CC2)C1)c1ccc(Cl)c(Cl)c1. The van der Waals surface area contributed by atoms with Crippen molar-refractivity contribution >= 4 is 40.9 Å². The minimum atomic E-state index is -0.353. The first kappa shape index (κ1) is 21.4. The Kier molecular flexibility index (Phi) is 6.23. The third-order valence-corrected chi connectivity index (χ3v) is 7.48. The van der Waals surface area contributed by atoms with E-state index in [9.17, 15) is 14.4 Å². The summed E-state index contributed by atoms with van der Waals surface area (Å²) in [7, 11) is 0. The van der Waals surface area contributed by atoms with Gasteiger partial charge in [0.25, 0.3) is 5.91 Å². The van der Waals surface area contributed by atoms with Gasteiger partial charge < -0.3 is 15.5 Å². The summed E-state index contributed by atoms with van der Waals surface area (Å²) < 4.78 is 0. The molecule has 0 aromatic heterocycles. The van der Waals surface area contributed by atoms with Crippen molar-refractivity contribution in [3.63, 3.8) is 0 Å². The van der Waals surface area contributed by atoms with E-state index >= 15 is 0 Å². The third kappa shape index (κ3) is 4.29. The molecule has 3 fully saturated rings. The Balaban J connectivity index is 1.24. The highest BCUT2D eigenvalue weighted by atomic mass is 35.5. The Bertz CT molecular complexity index is 855. The van der Waals surface area contributed by atoms with E-state index in [1.54, 1.807) is 12.1 Å². The molecule has 0 radical (unpaired) electrons. The highest BCUT2D eigenvalue weighted by Gasteiger charge is 2.45. The second-order valence-electron chi connectivity index (χ2n) is 8.42. The molecule has 2 N–H and O–H groups in total. The quantitative estimate of drug-likeness (QED) is 0.730. The van der Waals surface area contributed by atoms with E-state index in [-0.39, 0.29) is 29.7 Å². The van der Waals surface area contributed by atoms with Crippen LogP contribution in [0.3, 0.4) is 0 Å². The number of carbonyl (C=O) groups excluding carboxylic acids is 3. The molecule has 3 aliphatic rings. The Morgan fingerprint density at radius 2 is 1.90 bits per heavy atom. The first-order valence-electron chi connectivity index (χ1n) is 10.4. The third-order valence-electron chi connectivity index (χ3n) is 6.74. The molecule has 9 heteroatoms. The summed E-state index contributed by atoms with van der Waals surface area (Å²) in [6.45, 7) is 3.89. The molecular formula is C21H26Cl2N4O3. The van der Waals surface area contributed by atoms with Gasteiger partial charge in [0.05, 0.1) is 22.0 Å². The number of benzene rings is 1. The van der Waals surface area contributed by atoms with E-state index in [2.05, 4.69) is 15.5 Å². The van der Waals surface area contributed by atoms with Crippen molar-refractivity contribution < 1.29 is 14.4 Å². The van der Waals surface area contributed by atoms with Crippen molar-refractivity contribution in [2.24, 2.45) is 5.41 Å². The minimum Gasteiger partial charge on any atom is -0.356 e. The minimum absolute atomic E-state index is 0.0465. The van der Waals surface area contributed by atoms with Crippen molar-refractivity contribution in [3.8, 4) is 0 Å². The van der Waals surface area contributed by atoms with Gasteiger partial charge in [0.1, 0.15) is 0 Å². The van der Waals surface area contributed by atoms with Crippen LogP contribution in [0.2, 0.25) is 10.0 Å². The van der Waals surface area contributed by atoms with Crippen LogP contribution < -0.4 is 10.6 Å². The van der Waals surface area contributed by atoms with Crippen molar-refractivity contribution in [2.75, 3.05) is 39.3 Å². The molecule has 30 heavy (non-hydrogen) atoms. The fourth-order valence-electron chi connectivity index (χ4n) is 4.78. The number of rotatable bonds is 4. The van der Waals surface area contributed by atoms with Crippen molar-refractivity contribution in [3.05, 3.63) is 33.8 Å². The Morgan fingerprint density at radius 3 is 2.57 bits per heavy atom. The average Bonchev–Trinajstić information content (AvgIpc) is 3.37. The molecule has 3 saturated heterocycles. The molecule has 3 amide bonds. The van der Waals surface area contributed by atoms with Gasteiger partial charge in [0.2, 0.25) is 11.8 Å². The summed E-state index contributed by atoms with van der Waals surface area (Å²) >= 11 is 11.8. The number of nitrogens with zero attached hydrogens (tertiary/aromatic N) is 2. The maximum absolute atomic E-state index is 12.6. The number of carbonyl (C=O) groups is 3. The normalized spacial score (nSPS) is 23.6. The van der Waals surface area contributed by atoms with E-state index in [4.69, 9.17) is 23.2 Å². The first-order chi connectivity index (χ1) is 14.4. The second kappa shape index (κ2) is 8.73. The van der Waals surface area contributed by atoms with Crippen LogP contribution in [-0.2, 0) is 9.59 Å². The molecule has 1 aromatic carbocycles. The molecule has 0 saturated carbocycles. The van der Waals surface area contributed by atoms with Crippen LogP contribution in [0.1, 0.15) is 36.0 Å². The monoisotopic (exact) mass is 452 g/mol. The summed E-state index contributed by atoms with van der Waals surface area (Å²) in [5.41, 5.74) is 0.203. The van der Waals surface area contributed by atoms with Gasteiger partial charge in [-0.2, -0.15) is 0 Å². The lowest BCUT2D eigenvalue weighted by Gasteiger charge is -2.40. The molecule has 1 spiro atoms. The molecule has 3 heterocycles. The van der Waals surface area contributed by atoms with Gasteiger partial charge in [0.15, 0.2) is 0 Å². The lowest BCUT2D eigenvalue weighted by Crippen LogP contribution is -2.49. The smallest absolute Gasteiger partial charge is 0.251 e. The van der Waals surface area contributed by atoms with Crippen LogP contribution in [-0.4, -0.2) is 72.8 Å². The number of hydrogen-bond acceptors (Lipinski definition) is 4. The van der Waals surface area contributed by atoms with Gasteiger partial charge in [-0.25, -0.2) is 0 Å². The Hall–Kier alpha value is -1.83. The van der Waals surface area contributed by atoms with Gasteiger partial charge in [-0.15, -0.1) is 0 Å². The maximum Gasteiger partial charge on any atom is 0.251 e. The number of nitrogens with one attached hydrogen (secondary N) is 2. The molecule has 0 aliphatic carbocycles. The predicted molar refractivity (Wildman–Crippen MR) is 115 cm³/mol. The van der Waals surface area contributed by atoms with Crippen molar-refractivity contribution in [1.82, 2.24) is 20.4 Å². The highest BCUT2D eigenvalue weighted by molar-refractivity contribution is 6.42. The van der Waals surface area contributed by atoms with Gasteiger partial charge in [-0.05, 0) is 57.0 Å². The molecule has 162 valence electrons. The van der Waals surface area contributed by atoms with Crippen molar-refractivity contribution in [2.45, 2.75) is 31.7 Å². The van der Waals surface area contributed by atoms with E-state index in [1.807, 2.05) is 4.90 Å². The van der Waals surface area contributed by atoms with E-state index < -0.39 is 0 Å². The van der Waals surface area contributed by atoms with Crippen LogP contribution in [0.25, 0.3) is 0 Å². The van der Waals surface area contributed by atoms with Crippen LogP contribution in [0.4, 0.5) is 0 Å². The molecule has 1 aromatic rings. The fourth-order valence-corrected chi connectivity index (χ4v) is 5.08. The van der Waals surface area contributed by atoms with Crippen LogP contribution in [0.5, 0.6) is 0 Å². The molecular weight excluding hydrogens is 427 g/mol. The highest BCUT2D eigenvalue weighted by Crippen LogP contribution is 2.39. The number of halogens is 2. The predicted octanol–water partition coefficient (Wildman–Crippen LogP) is 1.93. The molecule has 3 aliphatic heterocycles. The first-order valence-corrected chi connectivity index (χ1v) is 11.2. The number of piperidine rings is 1. The Labute approximate surface area is 186 Å². The number of amides is 3. The number of likely N-dealkylation sites (tertiary alicyclic amines) is 2. The zero-order valence-corrected chi connectivity index (χ0v) is 18.3. The van der Waals surface area contributed by atoms with Gasteiger partial charge in [-0.1, -0.05) is 23.2 Å². The molecule has 0 bridgehead atoms. The van der Waals surface area contributed by atoms with E-state index in [0.717, 1.165) is 45.3 Å². The van der Waals surface area contributed by atoms with Gasteiger partial charge in [-0.3, -0.25) is 19.3 Å². The molecule has 1 atom stereocenters. The maximum atomic E-state index is 12.6. The Morgan fingerprint density at radius 1 is 1.13 bits per heavy atom. The fraction of sp³-hybridized carbons (Fsp3) is 0.571. The van der Waals surface area contributed by atoms with Gasteiger partial charge in [0, 0.05) is 31.2 Å². The largest absolute Gasteiger partial charge is 0.356 e. The van der Waals surface area contributed by atoms with Crippen LogP contribution in [0.15, 0.2) is 18.2 Å². The summed E-state index contributed by atoms with van der Waals surface area (Å²) in [5.74, 6) is -0.230. The van der Waals surface area contributed by atoms with Crippen LogP contribution in [0, 0.1) is 5.41 Å². The lowest BCUT2D eigenvalue weighted by molar-refractivity contribution is -0.130. The summed E-state index contributed by atoms with van der Waals surface area (Å²) in [5, 5.41) is 6.31. The van der Waals surface area contributed by atoms with E-state index in [0.29, 0.717) is 34.7 Å². The molecule has 4 rings (SSSR count). The number of hydrogen-bond donors (Lipinski definition) is 2. The second-order valence-corrected chi connectivity index (χ2v) is 9.23. The summed E-state index contributed by atoms with van der Waals surface area (Å²) in [6, 6.07) is 4.95. The van der Waals surface area contributed by atoms with Gasteiger partial charge >= 0.3 is 0 Å². The zero-order valence-electron chi connectivity index (χ0n) is 16.8. The summed E-state index contributed by atoms with van der Waals surface area (Å²) in [6.07, 6.45) is 3.64. The average molecular weight is 453 g/mol. The molecule has 7 nitrogen and oxygen atoms in total. The summed E-state index contributed by atoms with van der Waals surface area (Å²) in [4.78, 5) is 41.2. The zero-order chi connectivity index (χ0) is 21.3. The van der Waals surface area contributed by atoms with E-state index in [1.165, 1.54) is 6.07 Å². The van der Waals surface area contributed by atoms with Crippen LogP contribution >= 0.6 is 23.2 Å². The van der Waals surface area contributed by atoms with Crippen molar-refractivity contribution in [1.29, 1.82) is 0 Å².